The number of nitrogens with one attached hydrogen (secondary N) is 1. The lowest BCUT2D eigenvalue weighted by Gasteiger charge is -2.07. The highest BCUT2D eigenvalue weighted by molar-refractivity contribution is 6.13. The van der Waals surface area contributed by atoms with Gasteiger partial charge in [0.15, 0.2) is 0 Å². The molecule has 0 aliphatic heterocycles. The Labute approximate surface area is 122 Å². The van der Waals surface area contributed by atoms with Crippen LogP contribution in [0.4, 0.5) is 4.79 Å². The van der Waals surface area contributed by atoms with Crippen LogP contribution in [0.2, 0.25) is 0 Å². The van der Waals surface area contributed by atoms with E-state index in [0.29, 0.717) is 0 Å². The van der Waals surface area contributed by atoms with Crippen molar-refractivity contribution in [1.82, 2.24) is 5.43 Å². The fourth-order valence-corrected chi connectivity index (χ4v) is 2.38. The Balaban J connectivity index is 2.18. The Morgan fingerprint density at radius 3 is 2.19 bits per heavy atom. The minimum Gasteiger partial charge on any atom is -0.452 e. The van der Waals surface area contributed by atoms with Crippen LogP contribution in [-0.2, 0) is 4.74 Å². The lowest BCUT2D eigenvalue weighted by atomic mass is 9.97. The topological polar surface area (TPSA) is 50.7 Å². The predicted molar refractivity (Wildman–Crippen MR) is 84.6 cm³/mol. The molecule has 0 aliphatic carbocycles. The highest BCUT2D eigenvalue weighted by Crippen LogP contribution is 2.27. The van der Waals surface area contributed by atoms with E-state index in [2.05, 4.69) is 33.5 Å². The summed E-state index contributed by atoms with van der Waals surface area (Å²) < 4.78 is 4.50. The number of hydrogen-bond donors (Lipinski definition) is 1. The van der Waals surface area contributed by atoms with Crippen molar-refractivity contribution in [3.05, 3.63) is 60.2 Å². The maximum Gasteiger partial charge on any atom is 0.427 e. The highest BCUT2D eigenvalue weighted by atomic mass is 16.5. The summed E-state index contributed by atoms with van der Waals surface area (Å²) in [7, 11) is 1.30. The van der Waals surface area contributed by atoms with Gasteiger partial charge in [-0.3, -0.25) is 0 Å². The van der Waals surface area contributed by atoms with Crippen LogP contribution >= 0.6 is 0 Å². The molecule has 3 aromatic carbocycles. The van der Waals surface area contributed by atoms with E-state index in [4.69, 9.17) is 0 Å². The Morgan fingerprint density at radius 2 is 1.62 bits per heavy atom. The van der Waals surface area contributed by atoms with Crippen LogP contribution in [-0.4, -0.2) is 19.4 Å². The van der Waals surface area contributed by atoms with Crippen molar-refractivity contribution in [2.75, 3.05) is 7.11 Å². The number of benzene rings is 3. The van der Waals surface area contributed by atoms with E-state index in [1.807, 2.05) is 36.4 Å². The molecular weight excluding hydrogens is 264 g/mol. The Hall–Kier alpha value is -2.88. The van der Waals surface area contributed by atoms with Gasteiger partial charge in [-0.1, -0.05) is 48.5 Å². The Morgan fingerprint density at radius 1 is 1.05 bits per heavy atom. The average Bonchev–Trinajstić information content (AvgIpc) is 2.54. The summed E-state index contributed by atoms with van der Waals surface area (Å²) in [5.41, 5.74) is 3.29. The molecule has 21 heavy (non-hydrogen) atoms. The van der Waals surface area contributed by atoms with Crippen LogP contribution in [0, 0.1) is 0 Å². The highest BCUT2D eigenvalue weighted by Gasteiger charge is 2.05. The summed E-state index contributed by atoms with van der Waals surface area (Å²) in [6, 6.07) is 18.3. The second-order valence-corrected chi connectivity index (χ2v) is 4.59. The van der Waals surface area contributed by atoms with Crippen molar-refractivity contribution in [3.8, 4) is 0 Å². The van der Waals surface area contributed by atoms with Crippen LogP contribution in [0.1, 0.15) is 5.56 Å². The minimum absolute atomic E-state index is 0.587. The third kappa shape index (κ3) is 2.56. The molecule has 0 fully saturated rings. The smallest absolute Gasteiger partial charge is 0.427 e. The first kappa shape index (κ1) is 13.1. The van der Waals surface area contributed by atoms with Crippen LogP contribution in [0.25, 0.3) is 21.5 Å². The molecular formula is C17H14N2O2. The molecule has 0 radical (unpaired) electrons. The third-order valence-corrected chi connectivity index (χ3v) is 3.35. The molecule has 0 atom stereocenters. The zero-order valence-electron chi connectivity index (χ0n) is 11.5. The molecule has 0 bridgehead atoms. The van der Waals surface area contributed by atoms with Gasteiger partial charge >= 0.3 is 6.09 Å². The number of rotatable bonds is 2. The number of carbonyl (C=O) groups excluding carboxylic acids is 1. The van der Waals surface area contributed by atoms with Gasteiger partial charge in [-0.05, 0) is 27.6 Å². The van der Waals surface area contributed by atoms with Crippen molar-refractivity contribution in [3.63, 3.8) is 0 Å². The fourth-order valence-electron chi connectivity index (χ4n) is 2.38. The van der Waals surface area contributed by atoms with Crippen LogP contribution in [0.3, 0.4) is 0 Å². The van der Waals surface area contributed by atoms with E-state index < -0.39 is 6.09 Å². The van der Waals surface area contributed by atoms with Crippen LogP contribution < -0.4 is 5.43 Å². The summed E-state index contributed by atoms with van der Waals surface area (Å²) >= 11 is 0. The zero-order valence-corrected chi connectivity index (χ0v) is 11.5. The van der Waals surface area contributed by atoms with Crippen molar-refractivity contribution < 1.29 is 9.53 Å². The van der Waals surface area contributed by atoms with Crippen LogP contribution in [0.5, 0.6) is 0 Å². The van der Waals surface area contributed by atoms with Gasteiger partial charge in [0.05, 0.1) is 13.3 Å². The summed E-state index contributed by atoms with van der Waals surface area (Å²) in [5, 5.41) is 8.41. The first-order valence-electron chi connectivity index (χ1n) is 6.57. The number of hydrazone groups is 1. The molecule has 1 N–H and O–H groups in total. The van der Waals surface area contributed by atoms with Crippen LogP contribution in [0.15, 0.2) is 59.7 Å². The standard InChI is InChI=1S/C17H14N2O2/c1-21-17(20)19-18-11-16-14-8-4-2-6-12(14)10-13-7-3-5-9-15(13)16/h2-11H,1H3,(H,19,20)/b18-11+. The Kier molecular flexibility index (Phi) is 3.51. The molecule has 0 saturated heterocycles. The van der Waals surface area contributed by atoms with E-state index in [1.54, 1.807) is 6.21 Å². The molecule has 4 nitrogen and oxygen atoms in total. The molecule has 0 aliphatic rings. The molecule has 1 amide bonds. The number of fused-ring (bicyclic) bond motifs is 2. The summed E-state index contributed by atoms with van der Waals surface area (Å²) in [5.74, 6) is 0. The zero-order chi connectivity index (χ0) is 14.7. The molecule has 104 valence electrons. The maximum absolute atomic E-state index is 11.1. The molecule has 4 heteroatoms. The second kappa shape index (κ2) is 5.63. The van der Waals surface area contributed by atoms with Crippen molar-refractivity contribution in [1.29, 1.82) is 0 Å². The van der Waals surface area contributed by atoms with Gasteiger partial charge < -0.3 is 4.74 Å². The lowest BCUT2D eigenvalue weighted by molar-refractivity contribution is 0.171. The van der Waals surface area contributed by atoms with Gasteiger partial charge in [0, 0.05) is 5.56 Å². The molecule has 0 saturated carbocycles. The van der Waals surface area contributed by atoms with Crippen molar-refractivity contribution in [2.45, 2.75) is 0 Å². The second-order valence-electron chi connectivity index (χ2n) is 4.59. The molecule has 0 spiro atoms. The van der Waals surface area contributed by atoms with Gasteiger partial charge in [0.2, 0.25) is 0 Å². The predicted octanol–water partition coefficient (Wildman–Crippen LogP) is 3.68. The van der Waals surface area contributed by atoms with E-state index in [-0.39, 0.29) is 0 Å². The average molecular weight is 278 g/mol. The number of nitrogens with zero attached hydrogens (tertiary/aromatic N) is 1. The number of ether oxygens (including phenoxy) is 1. The monoisotopic (exact) mass is 278 g/mol. The van der Waals surface area contributed by atoms with E-state index >= 15 is 0 Å². The van der Waals surface area contributed by atoms with Crippen molar-refractivity contribution >= 4 is 33.9 Å². The quantitative estimate of drug-likeness (QED) is 0.441. The Bertz CT molecular complexity index is 786. The number of amides is 1. The number of methoxy groups -OCH3 is 1. The van der Waals surface area contributed by atoms with E-state index in [0.717, 1.165) is 27.1 Å². The van der Waals surface area contributed by atoms with Gasteiger partial charge in [-0.25, -0.2) is 10.2 Å². The number of carbonyl (C=O) groups is 1. The summed E-state index contributed by atoms with van der Waals surface area (Å²) in [4.78, 5) is 11.1. The normalized spacial score (nSPS) is 11.1. The molecule has 0 unspecified atom stereocenters. The molecule has 0 aromatic heterocycles. The largest absolute Gasteiger partial charge is 0.452 e. The first-order chi connectivity index (χ1) is 10.3. The fraction of sp³-hybridized carbons (Fsp3) is 0.0588. The van der Waals surface area contributed by atoms with Gasteiger partial charge in [-0.2, -0.15) is 5.10 Å². The molecule has 3 rings (SSSR count). The summed E-state index contributed by atoms with van der Waals surface area (Å²) in [6.45, 7) is 0. The molecule has 0 heterocycles. The number of hydrogen-bond acceptors (Lipinski definition) is 3. The maximum atomic E-state index is 11.1. The SMILES string of the molecule is COC(=O)N/N=C/c1c2ccccc2cc2ccccc12. The molecule has 3 aromatic rings. The van der Waals surface area contributed by atoms with Gasteiger partial charge in [0.25, 0.3) is 0 Å². The van der Waals surface area contributed by atoms with Crippen molar-refractivity contribution in [2.24, 2.45) is 5.10 Å². The third-order valence-electron chi connectivity index (χ3n) is 3.35. The lowest BCUT2D eigenvalue weighted by Crippen LogP contribution is -2.16. The van der Waals surface area contributed by atoms with Gasteiger partial charge in [-0.15, -0.1) is 0 Å². The van der Waals surface area contributed by atoms with Gasteiger partial charge in [0.1, 0.15) is 0 Å². The minimum atomic E-state index is -0.587. The summed E-state index contributed by atoms with van der Waals surface area (Å²) in [6.07, 6.45) is 1.07. The van der Waals surface area contributed by atoms with E-state index in [1.165, 1.54) is 7.11 Å². The van der Waals surface area contributed by atoms with E-state index in [9.17, 15) is 4.79 Å². The first-order valence-corrected chi connectivity index (χ1v) is 6.57.